The van der Waals surface area contributed by atoms with Gasteiger partial charge in [-0.15, -0.1) is 0 Å². The van der Waals surface area contributed by atoms with Gasteiger partial charge in [0.25, 0.3) is 0 Å². The Morgan fingerprint density at radius 1 is 1.15 bits per heavy atom. The summed E-state index contributed by atoms with van der Waals surface area (Å²) in [4.78, 5) is 0. The summed E-state index contributed by atoms with van der Waals surface area (Å²) in [6, 6.07) is 16.3. The van der Waals surface area contributed by atoms with Gasteiger partial charge in [0.2, 0.25) is 0 Å². The first kappa shape index (κ1) is 13.0. The van der Waals surface area contributed by atoms with Crippen molar-refractivity contribution in [2.24, 2.45) is 0 Å². The molecule has 3 heteroatoms. The van der Waals surface area contributed by atoms with E-state index in [0.29, 0.717) is 10.6 Å². The molecule has 1 aliphatic rings. The summed E-state index contributed by atoms with van der Waals surface area (Å²) < 4.78 is 0. The molecule has 20 heavy (non-hydrogen) atoms. The molecule has 1 saturated carbocycles. The van der Waals surface area contributed by atoms with Crippen molar-refractivity contribution >= 4 is 17.3 Å². The number of hydrogen-bond donors (Lipinski definition) is 1. The molecule has 0 radical (unpaired) electrons. The highest BCUT2D eigenvalue weighted by Gasteiger charge is 2.22. The van der Waals surface area contributed by atoms with Crippen molar-refractivity contribution in [3.63, 3.8) is 0 Å². The van der Waals surface area contributed by atoms with Crippen LogP contribution in [0, 0.1) is 11.3 Å². The molecule has 1 aliphatic carbocycles. The van der Waals surface area contributed by atoms with Gasteiger partial charge in [0.1, 0.15) is 6.07 Å². The van der Waals surface area contributed by atoms with Crippen LogP contribution < -0.4 is 5.32 Å². The molecule has 0 spiro atoms. The Labute approximate surface area is 124 Å². The zero-order valence-corrected chi connectivity index (χ0v) is 11.8. The lowest BCUT2D eigenvalue weighted by molar-refractivity contribution is 1.10. The number of nitrogens with zero attached hydrogens (tertiary/aromatic N) is 1. The second kappa shape index (κ2) is 5.56. The molecular weight excluding hydrogens is 268 g/mol. The molecule has 0 unspecified atom stereocenters. The van der Waals surface area contributed by atoms with Crippen LogP contribution >= 0.6 is 11.6 Å². The van der Waals surface area contributed by atoms with E-state index in [4.69, 9.17) is 16.9 Å². The van der Waals surface area contributed by atoms with Crippen molar-refractivity contribution in [2.75, 3.05) is 5.32 Å². The highest BCUT2D eigenvalue weighted by atomic mass is 35.5. The number of nitriles is 1. The highest BCUT2D eigenvalue weighted by Crippen LogP contribution is 2.39. The summed E-state index contributed by atoms with van der Waals surface area (Å²) in [6.45, 7) is 0.747. The van der Waals surface area contributed by atoms with Crippen molar-refractivity contribution in [3.05, 3.63) is 64.2 Å². The van der Waals surface area contributed by atoms with Crippen LogP contribution in [0.1, 0.15) is 35.4 Å². The maximum Gasteiger partial charge on any atom is 0.101 e. The van der Waals surface area contributed by atoms with Gasteiger partial charge < -0.3 is 5.32 Å². The lowest BCUT2D eigenvalue weighted by Gasteiger charge is -2.08. The second-order valence-electron chi connectivity index (χ2n) is 5.18. The Hall–Kier alpha value is -1.98. The monoisotopic (exact) mass is 282 g/mol. The molecule has 100 valence electrons. The van der Waals surface area contributed by atoms with E-state index in [1.165, 1.54) is 24.0 Å². The van der Waals surface area contributed by atoms with Crippen molar-refractivity contribution in [3.8, 4) is 6.07 Å². The van der Waals surface area contributed by atoms with E-state index < -0.39 is 0 Å². The first-order valence-electron chi connectivity index (χ1n) is 6.78. The molecule has 0 bridgehead atoms. The zero-order chi connectivity index (χ0) is 13.9. The molecule has 2 aromatic carbocycles. The van der Waals surface area contributed by atoms with Gasteiger partial charge in [-0.1, -0.05) is 35.9 Å². The Morgan fingerprint density at radius 2 is 1.90 bits per heavy atom. The molecule has 0 aromatic heterocycles. The summed E-state index contributed by atoms with van der Waals surface area (Å²) in [6.07, 6.45) is 2.67. The Balaban J connectivity index is 1.65. The molecule has 0 saturated heterocycles. The van der Waals surface area contributed by atoms with Crippen molar-refractivity contribution < 1.29 is 0 Å². The molecule has 0 atom stereocenters. The van der Waals surface area contributed by atoms with Crippen LogP contribution in [-0.2, 0) is 6.54 Å². The number of benzene rings is 2. The summed E-state index contributed by atoms with van der Waals surface area (Å²) in [5.74, 6) is 0.798. The predicted octanol–water partition coefficient (Wildman–Crippen LogP) is 4.70. The van der Waals surface area contributed by atoms with Gasteiger partial charge in [0, 0.05) is 12.2 Å². The third kappa shape index (κ3) is 2.95. The van der Waals surface area contributed by atoms with Gasteiger partial charge in [-0.25, -0.2) is 0 Å². The third-order valence-electron chi connectivity index (χ3n) is 3.61. The van der Waals surface area contributed by atoms with Crippen LogP contribution in [-0.4, -0.2) is 0 Å². The molecule has 0 aliphatic heterocycles. The van der Waals surface area contributed by atoms with Gasteiger partial charge in [-0.2, -0.15) is 5.26 Å². The van der Waals surface area contributed by atoms with E-state index in [1.807, 2.05) is 6.07 Å². The minimum atomic E-state index is 0.492. The predicted molar refractivity (Wildman–Crippen MR) is 81.9 cm³/mol. The van der Waals surface area contributed by atoms with E-state index in [1.54, 1.807) is 12.1 Å². The lowest BCUT2D eigenvalue weighted by Crippen LogP contribution is -1.99. The molecule has 1 fully saturated rings. The average Bonchev–Trinajstić information content (AvgIpc) is 3.32. The van der Waals surface area contributed by atoms with Gasteiger partial charge >= 0.3 is 0 Å². The van der Waals surface area contributed by atoms with Gasteiger partial charge in [0.05, 0.1) is 10.6 Å². The number of anilines is 1. The normalized spacial score (nSPS) is 13.8. The maximum atomic E-state index is 8.95. The quantitative estimate of drug-likeness (QED) is 0.882. The fraction of sp³-hybridized carbons (Fsp3) is 0.235. The summed E-state index contributed by atoms with van der Waals surface area (Å²) >= 11 is 5.92. The zero-order valence-electron chi connectivity index (χ0n) is 11.1. The van der Waals surface area contributed by atoms with Crippen molar-refractivity contribution in [1.29, 1.82) is 5.26 Å². The van der Waals surface area contributed by atoms with E-state index >= 15 is 0 Å². The first-order valence-corrected chi connectivity index (χ1v) is 7.16. The van der Waals surface area contributed by atoms with Crippen LogP contribution in [0.3, 0.4) is 0 Å². The molecular formula is C17H15ClN2. The van der Waals surface area contributed by atoms with Crippen LogP contribution in [0.5, 0.6) is 0 Å². The van der Waals surface area contributed by atoms with Crippen LogP contribution in [0.25, 0.3) is 0 Å². The molecule has 0 amide bonds. The van der Waals surface area contributed by atoms with E-state index in [2.05, 4.69) is 35.7 Å². The van der Waals surface area contributed by atoms with Crippen LogP contribution in [0.2, 0.25) is 5.02 Å². The van der Waals surface area contributed by atoms with Crippen molar-refractivity contribution in [1.82, 2.24) is 0 Å². The topological polar surface area (TPSA) is 35.8 Å². The number of rotatable bonds is 4. The molecule has 2 aromatic rings. The SMILES string of the molecule is N#Cc1cc(NCc2ccc(C3CC3)cc2)ccc1Cl. The van der Waals surface area contributed by atoms with Gasteiger partial charge in [-0.05, 0) is 48.1 Å². The fourth-order valence-electron chi connectivity index (χ4n) is 2.25. The molecule has 3 rings (SSSR count). The van der Waals surface area contributed by atoms with E-state index in [9.17, 15) is 0 Å². The maximum absolute atomic E-state index is 8.95. The fourth-order valence-corrected chi connectivity index (χ4v) is 2.41. The average molecular weight is 283 g/mol. The largest absolute Gasteiger partial charge is 0.381 e. The standard InChI is InChI=1S/C17H15ClN2/c18-17-8-7-16(9-15(17)10-19)20-11-12-1-3-13(4-2-12)14-5-6-14/h1-4,7-9,14,20H,5-6,11H2. The van der Waals surface area contributed by atoms with Crippen LogP contribution in [0.4, 0.5) is 5.69 Å². The minimum absolute atomic E-state index is 0.492. The Kier molecular flexibility index (Phi) is 3.62. The molecule has 1 N–H and O–H groups in total. The van der Waals surface area contributed by atoms with Crippen molar-refractivity contribution in [2.45, 2.75) is 25.3 Å². The number of hydrogen-bond acceptors (Lipinski definition) is 2. The smallest absolute Gasteiger partial charge is 0.101 e. The van der Waals surface area contributed by atoms with Crippen LogP contribution in [0.15, 0.2) is 42.5 Å². The molecule has 0 heterocycles. The number of nitrogens with one attached hydrogen (secondary N) is 1. The number of halogens is 1. The minimum Gasteiger partial charge on any atom is -0.381 e. The summed E-state index contributed by atoms with van der Waals surface area (Å²) in [5, 5.41) is 12.8. The lowest BCUT2D eigenvalue weighted by atomic mass is 10.1. The van der Waals surface area contributed by atoms with Gasteiger partial charge in [-0.3, -0.25) is 0 Å². The third-order valence-corrected chi connectivity index (χ3v) is 3.94. The highest BCUT2D eigenvalue weighted by molar-refractivity contribution is 6.31. The molecule has 2 nitrogen and oxygen atoms in total. The summed E-state index contributed by atoms with van der Waals surface area (Å²) in [7, 11) is 0. The first-order chi connectivity index (χ1) is 9.76. The van der Waals surface area contributed by atoms with Gasteiger partial charge in [0.15, 0.2) is 0 Å². The van der Waals surface area contributed by atoms with E-state index in [0.717, 1.165) is 18.2 Å². The Bertz CT molecular complexity index is 652. The Morgan fingerprint density at radius 3 is 2.55 bits per heavy atom. The second-order valence-corrected chi connectivity index (χ2v) is 5.58. The van der Waals surface area contributed by atoms with E-state index in [-0.39, 0.29) is 0 Å². The summed E-state index contributed by atoms with van der Waals surface area (Å²) in [5.41, 5.74) is 4.10.